The normalized spacial score (nSPS) is 12.7. The third kappa shape index (κ3) is 5.44. The Labute approximate surface area is 169 Å². The lowest BCUT2D eigenvalue weighted by atomic mass is 10.2. The molecule has 0 aliphatic carbocycles. The fourth-order valence-corrected chi connectivity index (χ4v) is 2.74. The molecule has 0 saturated heterocycles. The van der Waals surface area contributed by atoms with Crippen LogP contribution in [-0.4, -0.2) is 56.2 Å². The molecule has 0 aromatic carbocycles. The van der Waals surface area contributed by atoms with Gasteiger partial charge in [0.15, 0.2) is 6.61 Å². The number of carbonyl (C=O) groups is 1. The zero-order chi connectivity index (χ0) is 21.9. The summed E-state index contributed by atoms with van der Waals surface area (Å²) < 4.78 is 43.3. The summed E-state index contributed by atoms with van der Waals surface area (Å²) in [5.41, 5.74) is 1.81. The van der Waals surface area contributed by atoms with Crippen LogP contribution < -0.4 is 10.1 Å². The van der Waals surface area contributed by atoms with Gasteiger partial charge in [-0.1, -0.05) is 0 Å². The first kappa shape index (κ1) is 21.5. The van der Waals surface area contributed by atoms with Crippen LogP contribution in [0.2, 0.25) is 0 Å². The number of aryl methyl sites for hydroxylation is 1. The molecule has 0 fully saturated rings. The SMILES string of the molecule is Cc1cc(Cn2cc3c(C(=O)NCC(C)O)nccc3n2)ncc1OCC(F)(F)F. The molecule has 1 amide bonds. The van der Waals surface area contributed by atoms with Gasteiger partial charge in [0.05, 0.1) is 35.4 Å². The van der Waals surface area contributed by atoms with Gasteiger partial charge in [-0.2, -0.15) is 18.3 Å². The summed E-state index contributed by atoms with van der Waals surface area (Å²) in [5, 5.41) is 16.8. The van der Waals surface area contributed by atoms with Crippen LogP contribution in [0.4, 0.5) is 13.2 Å². The second-order valence-electron chi connectivity index (χ2n) is 6.82. The fourth-order valence-electron chi connectivity index (χ4n) is 2.74. The van der Waals surface area contributed by atoms with E-state index in [2.05, 4.69) is 20.4 Å². The van der Waals surface area contributed by atoms with Crippen LogP contribution in [0.5, 0.6) is 5.75 Å². The molecular weight excluding hydrogens is 403 g/mol. The Balaban J connectivity index is 1.77. The van der Waals surface area contributed by atoms with E-state index in [9.17, 15) is 23.1 Å². The molecule has 3 heterocycles. The van der Waals surface area contributed by atoms with Gasteiger partial charge < -0.3 is 15.2 Å². The number of fused-ring (bicyclic) bond motifs is 1. The second kappa shape index (κ2) is 8.66. The van der Waals surface area contributed by atoms with Crippen molar-refractivity contribution in [2.75, 3.05) is 13.2 Å². The molecule has 2 N–H and O–H groups in total. The number of rotatable bonds is 7. The van der Waals surface area contributed by atoms with E-state index in [0.717, 1.165) is 0 Å². The summed E-state index contributed by atoms with van der Waals surface area (Å²) in [6.45, 7) is 2.14. The maximum atomic E-state index is 12.3. The number of carbonyl (C=O) groups excluding carboxylic acids is 1. The van der Waals surface area contributed by atoms with Crippen LogP contribution in [0.15, 0.2) is 30.7 Å². The van der Waals surface area contributed by atoms with Gasteiger partial charge in [-0.15, -0.1) is 0 Å². The van der Waals surface area contributed by atoms with Gasteiger partial charge in [-0.05, 0) is 31.5 Å². The Morgan fingerprint density at radius 1 is 1.37 bits per heavy atom. The van der Waals surface area contributed by atoms with Gasteiger partial charge in [0.1, 0.15) is 11.4 Å². The third-order valence-corrected chi connectivity index (χ3v) is 4.09. The van der Waals surface area contributed by atoms with E-state index in [-0.39, 0.29) is 24.5 Å². The number of hydrogen-bond donors (Lipinski definition) is 2. The first-order valence-corrected chi connectivity index (χ1v) is 9.06. The van der Waals surface area contributed by atoms with Crippen molar-refractivity contribution in [1.29, 1.82) is 0 Å². The Hall–Kier alpha value is -3.21. The second-order valence-corrected chi connectivity index (χ2v) is 6.82. The maximum absolute atomic E-state index is 12.3. The molecule has 30 heavy (non-hydrogen) atoms. The Morgan fingerprint density at radius 2 is 2.13 bits per heavy atom. The van der Waals surface area contributed by atoms with Crippen molar-refractivity contribution >= 4 is 16.8 Å². The Bertz CT molecular complexity index is 1050. The standard InChI is InChI=1S/C19H20F3N5O3/c1-11-5-13(24-7-16(11)30-10-19(20,21)22)8-27-9-14-15(26-27)3-4-23-17(14)18(29)25-6-12(2)28/h3-5,7,9,12,28H,6,8,10H2,1-2H3,(H,25,29). The molecule has 1 unspecified atom stereocenters. The van der Waals surface area contributed by atoms with Crippen LogP contribution in [0.25, 0.3) is 10.9 Å². The number of halogens is 3. The molecule has 0 spiro atoms. The minimum Gasteiger partial charge on any atom is -0.482 e. The largest absolute Gasteiger partial charge is 0.482 e. The first-order chi connectivity index (χ1) is 14.1. The average Bonchev–Trinajstić information content (AvgIpc) is 3.07. The number of pyridine rings is 2. The lowest BCUT2D eigenvalue weighted by molar-refractivity contribution is -0.153. The van der Waals surface area contributed by atoms with Crippen molar-refractivity contribution in [3.8, 4) is 5.75 Å². The van der Waals surface area contributed by atoms with Gasteiger partial charge >= 0.3 is 6.18 Å². The molecule has 3 aromatic rings. The number of nitrogens with one attached hydrogen (secondary N) is 1. The smallest absolute Gasteiger partial charge is 0.422 e. The van der Waals surface area contributed by atoms with E-state index in [1.54, 1.807) is 36.9 Å². The van der Waals surface area contributed by atoms with Crippen LogP contribution in [-0.2, 0) is 6.54 Å². The molecular formula is C19H20F3N5O3. The highest BCUT2D eigenvalue weighted by Gasteiger charge is 2.28. The van der Waals surface area contributed by atoms with E-state index >= 15 is 0 Å². The Morgan fingerprint density at radius 3 is 2.80 bits per heavy atom. The number of amides is 1. The van der Waals surface area contributed by atoms with Gasteiger partial charge in [0.25, 0.3) is 5.91 Å². The zero-order valence-corrected chi connectivity index (χ0v) is 16.3. The number of aliphatic hydroxyl groups is 1. The molecule has 0 saturated carbocycles. The highest BCUT2D eigenvalue weighted by Crippen LogP contribution is 2.22. The van der Waals surface area contributed by atoms with Gasteiger partial charge in [-0.3, -0.25) is 19.4 Å². The number of ether oxygens (including phenoxy) is 1. The molecule has 3 rings (SSSR count). The third-order valence-electron chi connectivity index (χ3n) is 4.09. The van der Waals surface area contributed by atoms with Gasteiger partial charge in [-0.25, -0.2) is 0 Å². The molecule has 0 bridgehead atoms. The number of alkyl halides is 3. The van der Waals surface area contributed by atoms with Crippen LogP contribution in [0.3, 0.4) is 0 Å². The van der Waals surface area contributed by atoms with E-state index in [0.29, 0.717) is 22.2 Å². The van der Waals surface area contributed by atoms with E-state index in [4.69, 9.17) is 4.74 Å². The van der Waals surface area contributed by atoms with Crippen molar-refractivity contribution < 1.29 is 27.8 Å². The van der Waals surface area contributed by atoms with Crippen molar-refractivity contribution in [2.45, 2.75) is 32.7 Å². The topological polar surface area (TPSA) is 102 Å². The number of aromatic nitrogens is 4. The van der Waals surface area contributed by atoms with Gasteiger partial charge in [0.2, 0.25) is 0 Å². The lowest BCUT2D eigenvalue weighted by Crippen LogP contribution is -2.31. The molecule has 160 valence electrons. The quantitative estimate of drug-likeness (QED) is 0.604. The van der Waals surface area contributed by atoms with Crippen molar-refractivity contribution in [3.63, 3.8) is 0 Å². The molecule has 0 aliphatic rings. The Kier molecular flexibility index (Phi) is 6.20. The highest BCUT2D eigenvalue weighted by atomic mass is 19.4. The monoisotopic (exact) mass is 423 g/mol. The minimum absolute atomic E-state index is 0.0583. The summed E-state index contributed by atoms with van der Waals surface area (Å²) in [6, 6.07) is 3.27. The van der Waals surface area contributed by atoms with Crippen LogP contribution >= 0.6 is 0 Å². The predicted molar refractivity (Wildman–Crippen MR) is 101 cm³/mol. The average molecular weight is 423 g/mol. The molecule has 8 nitrogen and oxygen atoms in total. The predicted octanol–water partition coefficient (Wildman–Crippen LogP) is 2.23. The number of nitrogens with zero attached hydrogens (tertiary/aromatic N) is 4. The van der Waals surface area contributed by atoms with Gasteiger partial charge in [0, 0.05) is 18.9 Å². The van der Waals surface area contributed by atoms with Crippen molar-refractivity contribution in [2.24, 2.45) is 0 Å². The maximum Gasteiger partial charge on any atom is 0.422 e. The lowest BCUT2D eigenvalue weighted by Gasteiger charge is -2.11. The summed E-state index contributed by atoms with van der Waals surface area (Å²) in [5.74, 6) is -0.371. The molecule has 0 aliphatic heterocycles. The minimum atomic E-state index is -4.42. The van der Waals surface area contributed by atoms with Crippen LogP contribution in [0.1, 0.15) is 28.7 Å². The highest BCUT2D eigenvalue weighted by molar-refractivity contribution is 6.04. The van der Waals surface area contributed by atoms with Crippen LogP contribution in [0, 0.1) is 6.92 Å². The molecule has 3 aromatic heterocycles. The van der Waals surface area contributed by atoms with E-state index in [1.165, 1.54) is 12.4 Å². The number of hydrogen-bond acceptors (Lipinski definition) is 6. The van der Waals surface area contributed by atoms with E-state index in [1.807, 2.05) is 0 Å². The summed E-state index contributed by atoms with van der Waals surface area (Å²) in [4.78, 5) is 20.6. The van der Waals surface area contributed by atoms with Crippen molar-refractivity contribution in [3.05, 3.63) is 47.7 Å². The zero-order valence-electron chi connectivity index (χ0n) is 16.3. The van der Waals surface area contributed by atoms with E-state index < -0.39 is 24.8 Å². The summed E-state index contributed by atoms with van der Waals surface area (Å²) in [7, 11) is 0. The number of aliphatic hydroxyl groups excluding tert-OH is 1. The molecule has 1 atom stereocenters. The molecule has 0 radical (unpaired) electrons. The summed E-state index contributed by atoms with van der Waals surface area (Å²) in [6.07, 6.45) is -0.756. The fraction of sp³-hybridized carbons (Fsp3) is 0.368. The first-order valence-electron chi connectivity index (χ1n) is 9.06. The molecule has 11 heteroatoms. The summed E-state index contributed by atoms with van der Waals surface area (Å²) >= 11 is 0. The van der Waals surface area contributed by atoms with Crippen molar-refractivity contribution in [1.82, 2.24) is 25.1 Å².